The van der Waals surface area contributed by atoms with E-state index in [0.717, 1.165) is 30.6 Å². The van der Waals surface area contributed by atoms with E-state index in [0.29, 0.717) is 24.5 Å². The van der Waals surface area contributed by atoms with Crippen molar-refractivity contribution in [3.05, 3.63) is 29.8 Å². The number of carbonyl (C=O) groups excluding carboxylic acids is 3. The van der Waals surface area contributed by atoms with Crippen molar-refractivity contribution in [2.75, 3.05) is 34.4 Å². The number of benzene rings is 1. The van der Waals surface area contributed by atoms with Gasteiger partial charge in [-0.2, -0.15) is 0 Å². The van der Waals surface area contributed by atoms with Crippen LogP contribution < -0.4 is 4.74 Å². The zero-order valence-electron chi connectivity index (χ0n) is 17.5. The Morgan fingerprint density at radius 2 is 1.90 bits per heavy atom. The minimum atomic E-state index is -1.15. The lowest BCUT2D eigenvalue weighted by molar-refractivity contribution is -0.143. The summed E-state index contributed by atoms with van der Waals surface area (Å²) in [6.07, 6.45) is 3.77. The minimum absolute atomic E-state index is 0.00226. The molecule has 0 saturated carbocycles. The topological polar surface area (TPSA) is 76.2 Å². The number of likely N-dealkylation sites (N-methyl/N-ethyl adjacent to an activating group) is 1. The van der Waals surface area contributed by atoms with Crippen molar-refractivity contribution in [1.29, 1.82) is 0 Å². The average Bonchev–Trinajstić information content (AvgIpc) is 2.96. The molecule has 1 aromatic rings. The summed E-state index contributed by atoms with van der Waals surface area (Å²) in [6, 6.07) is 7.22. The molecule has 0 bridgehead atoms. The number of amides is 3. The number of piperidine rings is 1. The molecule has 29 heavy (non-hydrogen) atoms. The van der Waals surface area contributed by atoms with E-state index in [2.05, 4.69) is 0 Å². The molecular weight excluding hydrogens is 372 g/mol. The minimum Gasteiger partial charge on any atom is -0.497 e. The lowest BCUT2D eigenvalue weighted by atomic mass is 9.75. The van der Waals surface area contributed by atoms with Crippen molar-refractivity contribution < 1.29 is 23.9 Å². The Morgan fingerprint density at radius 3 is 2.48 bits per heavy atom. The molecule has 2 atom stereocenters. The molecule has 3 amide bonds. The third-order valence-electron chi connectivity index (χ3n) is 6.24. The molecule has 2 saturated heterocycles. The third-order valence-corrected chi connectivity index (χ3v) is 6.24. The number of hydrogen-bond donors (Lipinski definition) is 0. The van der Waals surface area contributed by atoms with Gasteiger partial charge in [0, 0.05) is 46.2 Å². The van der Waals surface area contributed by atoms with Crippen molar-refractivity contribution in [3.8, 4) is 5.75 Å². The fraction of sp³-hybridized carbons (Fsp3) is 0.591. The highest BCUT2D eigenvalue weighted by Crippen LogP contribution is 2.41. The van der Waals surface area contributed by atoms with Gasteiger partial charge in [-0.25, -0.2) is 0 Å². The summed E-state index contributed by atoms with van der Waals surface area (Å²) in [5, 5.41) is 0. The van der Waals surface area contributed by atoms with Gasteiger partial charge >= 0.3 is 0 Å². The number of rotatable bonds is 7. The molecule has 3 rings (SSSR count). The van der Waals surface area contributed by atoms with Crippen molar-refractivity contribution in [1.82, 2.24) is 9.80 Å². The summed E-state index contributed by atoms with van der Waals surface area (Å²) in [5.74, 6) is 0.0220. The Labute approximate surface area is 171 Å². The molecule has 0 spiro atoms. The maximum Gasteiger partial charge on any atom is 0.240 e. The van der Waals surface area contributed by atoms with E-state index >= 15 is 0 Å². The van der Waals surface area contributed by atoms with Crippen LogP contribution in [0.1, 0.15) is 44.1 Å². The molecule has 1 aromatic carbocycles. The number of ether oxygens (including phenoxy) is 2. The molecule has 0 aromatic heterocycles. The van der Waals surface area contributed by atoms with Gasteiger partial charge in [0.15, 0.2) is 0 Å². The van der Waals surface area contributed by atoms with Gasteiger partial charge in [-0.15, -0.1) is 0 Å². The lowest BCUT2D eigenvalue weighted by Gasteiger charge is -2.38. The molecule has 7 nitrogen and oxygen atoms in total. The van der Waals surface area contributed by atoms with Gasteiger partial charge in [-0.05, 0) is 43.4 Å². The Balaban J connectivity index is 1.89. The van der Waals surface area contributed by atoms with Crippen molar-refractivity contribution in [3.63, 3.8) is 0 Å². The van der Waals surface area contributed by atoms with Crippen LogP contribution in [0.4, 0.5) is 0 Å². The van der Waals surface area contributed by atoms with Crippen molar-refractivity contribution in [2.45, 2.75) is 50.0 Å². The molecule has 158 valence electrons. The van der Waals surface area contributed by atoms with Crippen LogP contribution in [0.5, 0.6) is 5.75 Å². The Bertz CT molecular complexity index is 763. The van der Waals surface area contributed by atoms with Gasteiger partial charge in [0.25, 0.3) is 0 Å². The summed E-state index contributed by atoms with van der Waals surface area (Å²) < 4.78 is 10.4. The van der Waals surface area contributed by atoms with Crippen LogP contribution in [0.2, 0.25) is 0 Å². The molecule has 2 aliphatic rings. The standard InChI is InChI=1S/C22H30N2O5/c1-23-19(25)14-22(21(23)27,16-7-9-18(29-3)10-8-16)15-20(26)24-12-5-4-6-17(24)11-13-28-2/h7-10,17H,4-6,11-15H2,1-3H3/t17-,22+/m0/s1. The first-order chi connectivity index (χ1) is 13.9. The number of nitrogens with zero attached hydrogens (tertiary/aromatic N) is 2. The number of methoxy groups -OCH3 is 2. The molecule has 2 aliphatic heterocycles. The highest BCUT2D eigenvalue weighted by atomic mass is 16.5. The highest BCUT2D eigenvalue weighted by molar-refractivity contribution is 6.10. The summed E-state index contributed by atoms with van der Waals surface area (Å²) in [6.45, 7) is 1.28. The van der Waals surface area contributed by atoms with Crippen LogP contribution in [-0.4, -0.2) is 68.0 Å². The van der Waals surface area contributed by atoms with E-state index in [4.69, 9.17) is 9.47 Å². The molecule has 7 heteroatoms. The first-order valence-corrected chi connectivity index (χ1v) is 10.2. The zero-order chi connectivity index (χ0) is 21.0. The van der Waals surface area contributed by atoms with Crippen LogP contribution in [0, 0.1) is 0 Å². The first-order valence-electron chi connectivity index (χ1n) is 10.2. The molecule has 0 N–H and O–H groups in total. The number of likely N-dealkylation sites (tertiary alicyclic amines) is 2. The van der Waals surface area contributed by atoms with Gasteiger partial charge in [0.2, 0.25) is 17.7 Å². The van der Waals surface area contributed by atoms with E-state index in [-0.39, 0.29) is 36.6 Å². The predicted octanol–water partition coefficient (Wildman–Crippen LogP) is 2.13. The fourth-order valence-corrected chi connectivity index (χ4v) is 4.51. The summed E-state index contributed by atoms with van der Waals surface area (Å²) >= 11 is 0. The van der Waals surface area contributed by atoms with Crippen molar-refractivity contribution >= 4 is 17.7 Å². The van der Waals surface area contributed by atoms with Gasteiger partial charge < -0.3 is 14.4 Å². The van der Waals surface area contributed by atoms with E-state index in [9.17, 15) is 14.4 Å². The fourth-order valence-electron chi connectivity index (χ4n) is 4.51. The Kier molecular flexibility index (Phi) is 6.57. The Hall–Kier alpha value is -2.41. The SMILES string of the molecule is COCC[C@@H]1CCCCN1C(=O)C[C@@]1(c2ccc(OC)cc2)CC(=O)N(C)C1=O. The zero-order valence-corrected chi connectivity index (χ0v) is 17.5. The van der Waals surface area contributed by atoms with Crippen molar-refractivity contribution in [2.24, 2.45) is 0 Å². The smallest absolute Gasteiger partial charge is 0.240 e. The monoisotopic (exact) mass is 402 g/mol. The molecule has 2 fully saturated rings. The largest absolute Gasteiger partial charge is 0.497 e. The third kappa shape index (κ3) is 4.15. The van der Waals surface area contributed by atoms with Gasteiger partial charge in [-0.1, -0.05) is 12.1 Å². The molecular formula is C22H30N2O5. The van der Waals surface area contributed by atoms with Crippen LogP contribution in [0.25, 0.3) is 0 Å². The second kappa shape index (κ2) is 8.95. The Morgan fingerprint density at radius 1 is 1.17 bits per heavy atom. The predicted molar refractivity (Wildman–Crippen MR) is 108 cm³/mol. The van der Waals surface area contributed by atoms with Gasteiger partial charge in [0.05, 0.1) is 12.5 Å². The second-order valence-corrected chi connectivity index (χ2v) is 7.94. The van der Waals surface area contributed by atoms with Crippen LogP contribution in [-0.2, 0) is 24.5 Å². The number of carbonyl (C=O) groups is 3. The quantitative estimate of drug-likeness (QED) is 0.653. The van der Waals surface area contributed by atoms with E-state index < -0.39 is 5.41 Å². The summed E-state index contributed by atoms with van der Waals surface area (Å²) in [4.78, 5) is 42.0. The average molecular weight is 402 g/mol. The molecule has 0 radical (unpaired) electrons. The van der Waals surface area contributed by atoms with Gasteiger partial charge in [0.1, 0.15) is 5.75 Å². The van der Waals surface area contributed by atoms with Crippen LogP contribution in [0.3, 0.4) is 0 Å². The van der Waals surface area contributed by atoms with E-state index in [1.54, 1.807) is 38.5 Å². The van der Waals surface area contributed by atoms with Gasteiger partial charge in [-0.3, -0.25) is 19.3 Å². The highest BCUT2D eigenvalue weighted by Gasteiger charge is 2.53. The normalized spacial score (nSPS) is 24.9. The summed E-state index contributed by atoms with van der Waals surface area (Å²) in [7, 11) is 4.72. The van der Waals surface area contributed by atoms with E-state index in [1.807, 2.05) is 4.90 Å². The summed E-state index contributed by atoms with van der Waals surface area (Å²) in [5.41, 5.74) is -0.474. The number of imide groups is 1. The van der Waals surface area contributed by atoms with Crippen LogP contribution >= 0.6 is 0 Å². The molecule has 0 unspecified atom stereocenters. The molecule has 0 aliphatic carbocycles. The van der Waals surface area contributed by atoms with Crippen LogP contribution in [0.15, 0.2) is 24.3 Å². The molecule has 2 heterocycles. The first kappa shape index (κ1) is 21.3. The second-order valence-electron chi connectivity index (χ2n) is 7.94. The maximum absolute atomic E-state index is 13.4. The lowest BCUT2D eigenvalue weighted by Crippen LogP contribution is -2.48. The number of hydrogen-bond acceptors (Lipinski definition) is 5. The maximum atomic E-state index is 13.4. The van der Waals surface area contributed by atoms with E-state index in [1.165, 1.54) is 7.05 Å².